The van der Waals surface area contributed by atoms with Gasteiger partial charge in [0.1, 0.15) is 0 Å². The summed E-state index contributed by atoms with van der Waals surface area (Å²) in [7, 11) is 0. The van der Waals surface area contributed by atoms with Crippen molar-refractivity contribution in [1.82, 2.24) is 0 Å². The molecule has 0 saturated heterocycles. The first-order valence-corrected chi connectivity index (χ1v) is 7.16. The van der Waals surface area contributed by atoms with Crippen LogP contribution in [0.3, 0.4) is 0 Å². The Bertz CT molecular complexity index is 119. The van der Waals surface area contributed by atoms with E-state index in [-0.39, 0.29) is 60.0 Å². The fourth-order valence-corrected chi connectivity index (χ4v) is 4.86. The van der Waals surface area contributed by atoms with Crippen molar-refractivity contribution in [1.29, 1.82) is 0 Å². The maximum absolute atomic E-state index is 2.41. The minimum absolute atomic E-state index is 0. The molecule has 1 rings (SSSR count). The zero-order valence-corrected chi connectivity index (χ0v) is 13.8. The Labute approximate surface area is 107 Å². The van der Waals surface area contributed by atoms with Crippen LogP contribution in [0.5, 0.6) is 0 Å². The molecule has 0 fully saturated rings. The van der Waals surface area contributed by atoms with Gasteiger partial charge in [-0.1, -0.05) is 0 Å². The minimum Gasteiger partial charge on any atom is -0.147 e. The van der Waals surface area contributed by atoms with Crippen LogP contribution >= 0.6 is 37.2 Å². The Morgan fingerprint density at radius 3 is 1.90 bits per heavy atom. The minimum atomic E-state index is -0.149. The molecule has 59 valence electrons. The molecule has 10 heavy (non-hydrogen) atoms. The van der Waals surface area contributed by atoms with Gasteiger partial charge in [0.25, 0.3) is 0 Å². The molecule has 0 nitrogen and oxygen atoms in total. The zero-order chi connectivity index (χ0) is 5.33. The standard InChI is InChI=1S/C5H6.Bi.3ClH.Zr/c1-3-5-4-2;;;;;/h1,3,5H,2H3;;3*1H;. The number of halogens is 3. The number of rotatable bonds is 0. The summed E-state index contributed by atoms with van der Waals surface area (Å²) in [5, 5.41) is 0. The number of hydrogen-bond acceptors (Lipinski definition) is 0. The van der Waals surface area contributed by atoms with E-state index in [4.69, 9.17) is 0 Å². The van der Waals surface area contributed by atoms with Gasteiger partial charge in [0.2, 0.25) is 0 Å². The van der Waals surface area contributed by atoms with Gasteiger partial charge < -0.3 is 0 Å². The maximum Gasteiger partial charge on any atom is -0.147 e. The molecule has 1 aliphatic heterocycles. The Hall–Kier alpha value is 2.25. The first kappa shape index (κ1) is 18.1. The molecule has 1 aliphatic rings. The van der Waals surface area contributed by atoms with E-state index in [1.165, 1.54) is 0 Å². The number of allylic oxidation sites excluding steroid dienone is 2. The van der Waals surface area contributed by atoms with Gasteiger partial charge in [-0.2, -0.15) is 0 Å². The van der Waals surface area contributed by atoms with Crippen molar-refractivity contribution in [3.05, 3.63) is 12.2 Å². The topological polar surface area (TPSA) is 0 Å². The molecule has 0 saturated carbocycles. The zero-order valence-electron chi connectivity index (χ0n) is 5.40. The molecule has 1 heterocycles. The molecule has 1 unspecified atom stereocenters. The molecule has 1 atom stereocenters. The molecule has 0 aromatic heterocycles. The van der Waals surface area contributed by atoms with Crippen LogP contribution in [0.15, 0.2) is 12.2 Å². The molecule has 0 aliphatic carbocycles. The van der Waals surface area contributed by atoms with Crippen molar-refractivity contribution < 1.29 is 24.7 Å². The van der Waals surface area contributed by atoms with Crippen LogP contribution in [-0.4, -0.2) is 26.5 Å². The van der Waals surface area contributed by atoms with Crippen LogP contribution in [0.1, 0.15) is 6.92 Å². The molecule has 0 spiro atoms. The van der Waals surface area contributed by atoms with Crippen LogP contribution in [-0.2, 0) is 24.7 Å². The van der Waals surface area contributed by atoms with Gasteiger partial charge in [-0.15, -0.1) is 37.2 Å². The van der Waals surface area contributed by atoms with Crippen molar-refractivity contribution in [2.45, 2.75) is 7.75 Å². The third-order valence-electron chi connectivity index (χ3n) is 0.850. The van der Waals surface area contributed by atoms with Gasteiger partial charge >= 0.3 is 71.1 Å². The first-order valence-electron chi connectivity index (χ1n) is 2.19. The third kappa shape index (κ3) is 6.93. The smallest absolute Gasteiger partial charge is 0.147 e. The van der Waals surface area contributed by atoms with Crippen molar-refractivity contribution >= 4 is 63.7 Å². The summed E-state index contributed by atoms with van der Waals surface area (Å²) in [6, 6.07) is 0. The molecule has 0 bridgehead atoms. The third-order valence-corrected chi connectivity index (χ3v) is 7.96. The van der Waals surface area contributed by atoms with E-state index in [0.29, 0.717) is 0 Å². The summed E-state index contributed by atoms with van der Waals surface area (Å²) in [4.78, 5) is 0. The predicted molar refractivity (Wildman–Crippen MR) is 51.1 cm³/mol. The van der Waals surface area contributed by atoms with E-state index in [2.05, 4.69) is 22.8 Å². The Balaban J connectivity index is -0.000000163. The monoisotopic (exact) mass is 473 g/mol. The SMILES string of the molecule is C[C]1([Zr])C=C[CH]=[Bi]1.Cl.Cl.Cl. The Kier molecular flexibility index (Phi) is 14.3. The molecule has 0 aromatic rings. The second-order valence-electron chi connectivity index (χ2n) is 1.78. The second-order valence-corrected chi connectivity index (χ2v) is 14.3. The van der Waals surface area contributed by atoms with Crippen molar-refractivity contribution in [3.63, 3.8) is 0 Å². The molecule has 0 amide bonds. The Morgan fingerprint density at radius 1 is 1.30 bits per heavy atom. The summed E-state index contributed by atoms with van der Waals surface area (Å²) in [6.07, 6.45) is 4.60. The van der Waals surface area contributed by atoms with Crippen LogP contribution in [0.4, 0.5) is 0 Å². The molecule has 0 aromatic carbocycles. The van der Waals surface area contributed by atoms with Gasteiger partial charge in [-0.25, -0.2) is 0 Å². The average molecular weight is 476 g/mol. The molecule has 0 N–H and O–H groups in total. The fourth-order valence-electron chi connectivity index (χ4n) is 0.471. The Morgan fingerprint density at radius 2 is 1.80 bits per heavy atom. The van der Waals surface area contributed by atoms with E-state index in [9.17, 15) is 0 Å². The molecular weight excluding hydrogens is 467 g/mol. The summed E-state index contributed by atoms with van der Waals surface area (Å²) >= 11 is 1.56. The number of hydrogen-bond donors (Lipinski definition) is 0. The fraction of sp³-hybridized carbons (Fsp3) is 0.400. The van der Waals surface area contributed by atoms with E-state index in [0.717, 1.165) is 0.831 Å². The summed E-state index contributed by atoms with van der Waals surface area (Å²) < 4.78 is 3.14. The van der Waals surface area contributed by atoms with Gasteiger partial charge in [-0.05, 0) is 0 Å². The van der Waals surface area contributed by atoms with Crippen molar-refractivity contribution in [2.24, 2.45) is 0 Å². The molecule has 5 heteroatoms. The van der Waals surface area contributed by atoms with Crippen molar-refractivity contribution in [2.75, 3.05) is 0 Å². The normalized spacial score (nSPS) is 26.0. The van der Waals surface area contributed by atoms with Crippen LogP contribution in [0.25, 0.3) is 0 Å². The quantitative estimate of drug-likeness (QED) is 0.471. The predicted octanol–water partition coefficient (Wildman–Crippen LogP) is 2.01. The van der Waals surface area contributed by atoms with Crippen LogP contribution in [0.2, 0.25) is 0.831 Å². The van der Waals surface area contributed by atoms with Crippen LogP contribution < -0.4 is 0 Å². The maximum atomic E-state index is 2.41. The largest absolute Gasteiger partial charge is 0.147 e. The summed E-state index contributed by atoms with van der Waals surface area (Å²) in [6.45, 7) is 2.36. The van der Waals surface area contributed by atoms with Gasteiger partial charge in [0, 0.05) is 0 Å². The van der Waals surface area contributed by atoms with E-state index < -0.39 is 0 Å². The van der Waals surface area contributed by atoms with Gasteiger partial charge in [0.15, 0.2) is 0 Å². The van der Waals surface area contributed by atoms with Gasteiger partial charge in [0.05, 0.1) is 0 Å². The first-order chi connectivity index (χ1) is 3.21. The van der Waals surface area contributed by atoms with E-state index >= 15 is 0 Å². The van der Waals surface area contributed by atoms with Crippen molar-refractivity contribution in [3.8, 4) is 0 Å². The summed E-state index contributed by atoms with van der Waals surface area (Å²) in [5.41, 5.74) is 0. The van der Waals surface area contributed by atoms with E-state index in [1.807, 2.05) is 0 Å². The molecule has 0 radical (unpaired) electrons. The average Bonchev–Trinajstić information content (AvgIpc) is 1.84. The van der Waals surface area contributed by atoms with Crippen LogP contribution in [0, 0.1) is 0 Å². The second kappa shape index (κ2) is 7.87. The molecular formula is C5H9BiCl3Zr. The van der Waals surface area contributed by atoms with Gasteiger partial charge in [-0.3, -0.25) is 0 Å². The van der Waals surface area contributed by atoms with E-state index in [1.54, 1.807) is 24.7 Å². The summed E-state index contributed by atoms with van der Waals surface area (Å²) in [5.74, 6) is 0.